The van der Waals surface area contributed by atoms with E-state index in [0.717, 1.165) is 12.8 Å². The van der Waals surface area contributed by atoms with Crippen molar-refractivity contribution in [3.8, 4) is 0 Å². The number of rotatable bonds is 4. The Labute approximate surface area is 134 Å². The Balaban J connectivity index is 1.85. The lowest BCUT2D eigenvalue weighted by Crippen LogP contribution is -2.49. The molecule has 3 rings (SSSR count). The smallest absolute Gasteiger partial charge is 0.245 e. The van der Waals surface area contributed by atoms with Gasteiger partial charge in [-0.3, -0.25) is 10.1 Å². The molecule has 0 aliphatic carbocycles. The molecule has 2 aromatic rings. The molecule has 1 unspecified atom stereocenters. The van der Waals surface area contributed by atoms with E-state index in [1.165, 1.54) is 22.8 Å². The van der Waals surface area contributed by atoms with E-state index in [0.29, 0.717) is 13.0 Å². The molecule has 23 heavy (non-hydrogen) atoms. The SMILES string of the molecule is O=C(Nc1ncn[nH]1)C1CCCCN1S(=O)(=O)c1ccccc1. The van der Waals surface area contributed by atoms with Crippen LogP contribution in [-0.4, -0.2) is 46.4 Å². The van der Waals surface area contributed by atoms with Gasteiger partial charge in [0, 0.05) is 6.54 Å². The average Bonchev–Trinajstić information content (AvgIpc) is 3.08. The monoisotopic (exact) mass is 335 g/mol. The van der Waals surface area contributed by atoms with Crippen molar-refractivity contribution < 1.29 is 13.2 Å². The molecule has 0 radical (unpaired) electrons. The maximum absolute atomic E-state index is 12.8. The van der Waals surface area contributed by atoms with Crippen LogP contribution in [0.1, 0.15) is 19.3 Å². The molecule has 1 amide bonds. The molecule has 1 atom stereocenters. The van der Waals surface area contributed by atoms with Crippen molar-refractivity contribution in [3.05, 3.63) is 36.7 Å². The lowest BCUT2D eigenvalue weighted by Gasteiger charge is -2.33. The Hall–Kier alpha value is -2.26. The Morgan fingerprint density at radius 3 is 2.74 bits per heavy atom. The standard InChI is InChI=1S/C14H17N5O3S/c20-13(17-14-15-10-16-18-14)12-8-4-5-9-19(12)23(21,22)11-6-2-1-3-7-11/h1-3,6-7,10,12H,4-5,8-9H2,(H2,15,16,17,18,20). The van der Waals surface area contributed by atoms with Crippen LogP contribution in [0.25, 0.3) is 0 Å². The Bertz CT molecular complexity index is 761. The van der Waals surface area contributed by atoms with Crippen LogP contribution in [0.3, 0.4) is 0 Å². The fourth-order valence-corrected chi connectivity index (χ4v) is 4.33. The predicted octanol–water partition coefficient (Wildman–Crippen LogP) is 0.987. The van der Waals surface area contributed by atoms with Crippen LogP contribution in [0.2, 0.25) is 0 Å². The maximum Gasteiger partial charge on any atom is 0.245 e. The number of H-pyrrole nitrogens is 1. The molecule has 0 spiro atoms. The van der Waals surface area contributed by atoms with Crippen molar-refractivity contribution in [1.82, 2.24) is 19.5 Å². The quantitative estimate of drug-likeness (QED) is 0.866. The van der Waals surface area contributed by atoms with Crippen molar-refractivity contribution in [2.75, 3.05) is 11.9 Å². The number of hydrogen-bond donors (Lipinski definition) is 2. The predicted molar refractivity (Wildman–Crippen MR) is 83.0 cm³/mol. The van der Waals surface area contributed by atoms with Crippen molar-refractivity contribution in [1.29, 1.82) is 0 Å². The highest BCUT2D eigenvalue weighted by Gasteiger charge is 2.37. The molecule has 2 N–H and O–H groups in total. The minimum absolute atomic E-state index is 0.194. The van der Waals surface area contributed by atoms with Crippen LogP contribution in [-0.2, 0) is 14.8 Å². The van der Waals surface area contributed by atoms with Gasteiger partial charge < -0.3 is 0 Å². The molecule has 1 fully saturated rings. The summed E-state index contributed by atoms with van der Waals surface area (Å²) in [6.07, 6.45) is 3.29. The Morgan fingerprint density at radius 1 is 1.26 bits per heavy atom. The van der Waals surface area contributed by atoms with E-state index in [4.69, 9.17) is 0 Å². The summed E-state index contributed by atoms with van der Waals surface area (Å²) in [5.41, 5.74) is 0. The zero-order valence-corrected chi connectivity index (χ0v) is 13.2. The highest BCUT2D eigenvalue weighted by Crippen LogP contribution is 2.25. The zero-order chi connectivity index (χ0) is 16.3. The third kappa shape index (κ3) is 3.25. The molecular weight excluding hydrogens is 318 g/mol. The van der Waals surface area contributed by atoms with Gasteiger partial charge in [-0.25, -0.2) is 13.5 Å². The molecular formula is C14H17N5O3S. The number of aromatic nitrogens is 3. The van der Waals surface area contributed by atoms with Crippen molar-refractivity contribution in [2.45, 2.75) is 30.2 Å². The number of aromatic amines is 1. The number of nitrogens with zero attached hydrogens (tertiary/aromatic N) is 3. The summed E-state index contributed by atoms with van der Waals surface area (Å²) in [6.45, 7) is 0.325. The molecule has 1 aliphatic heterocycles. The first-order chi connectivity index (χ1) is 11.1. The fourth-order valence-electron chi connectivity index (χ4n) is 2.65. The van der Waals surface area contributed by atoms with Gasteiger partial charge in [0.25, 0.3) is 0 Å². The molecule has 1 aliphatic rings. The molecule has 0 saturated carbocycles. The van der Waals surface area contributed by atoms with Gasteiger partial charge in [-0.15, -0.1) is 0 Å². The first-order valence-electron chi connectivity index (χ1n) is 7.32. The number of carbonyl (C=O) groups is 1. The van der Waals surface area contributed by atoms with E-state index in [9.17, 15) is 13.2 Å². The van der Waals surface area contributed by atoms with Crippen LogP contribution >= 0.6 is 0 Å². The molecule has 1 saturated heterocycles. The van der Waals surface area contributed by atoms with Crippen LogP contribution in [0.15, 0.2) is 41.6 Å². The number of anilines is 1. The Kier molecular flexibility index (Phi) is 4.39. The Morgan fingerprint density at radius 2 is 2.04 bits per heavy atom. The molecule has 1 aromatic heterocycles. The third-order valence-corrected chi connectivity index (χ3v) is 5.69. The van der Waals surface area contributed by atoms with Crippen LogP contribution < -0.4 is 5.32 Å². The number of amides is 1. The van der Waals surface area contributed by atoms with E-state index >= 15 is 0 Å². The molecule has 1 aromatic carbocycles. The van der Waals surface area contributed by atoms with E-state index in [-0.39, 0.29) is 10.8 Å². The van der Waals surface area contributed by atoms with Gasteiger partial charge in [-0.05, 0) is 25.0 Å². The van der Waals surface area contributed by atoms with Gasteiger partial charge in [0.15, 0.2) is 0 Å². The van der Waals surface area contributed by atoms with Crippen molar-refractivity contribution in [3.63, 3.8) is 0 Å². The lowest BCUT2D eigenvalue weighted by atomic mass is 10.0. The first-order valence-corrected chi connectivity index (χ1v) is 8.76. The molecule has 0 bridgehead atoms. The van der Waals surface area contributed by atoms with E-state index in [1.807, 2.05) is 0 Å². The maximum atomic E-state index is 12.8. The van der Waals surface area contributed by atoms with Gasteiger partial charge in [-0.1, -0.05) is 24.6 Å². The van der Waals surface area contributed by atoms with Gasteiger partial charge in [0.2, 0.25) is 21.9 Å². The molecule has 9 heteroatoms. The third-order valence-electron chi connectivity index (χ3n) is 3.76. The van der Waals surface area contributed by atoms with Gasteiger partial charge in [0.05, 0.1) is 4.90 Å². The highest BCUT2D eigenvalue weighted by atomic mass is 32.2. The summed E-state index contributed by atoms with van der Waals surface area (Å²) < 4.78 is 26.9. The topological polar surface area (TPSA) is 108 Å². The summed E-state index contributed by atoms with van der Waals surface area (Å²) in [5, 5.41) is 8.76. The molecule has 2 heterocycles. The minimum atomic E-state index is -3.71. The van der Waals surface area contributed by atoms with Gasteiger partial charge in [0.1, 0.15) is 12.4 Å². The van der Waals surface area contributed by atoms with Crippen molar-refractivity contribution in [2.24, 2.45) is 0 Å². The van der Waals surface area contributed by atoms with Crippen LogP contribution in [0.5, 0.6) is 0 Å². The second-order valence-corrected chi connectivity index (χ2v) is 7.15. The van der Waals surface area contributed by atoms with Gasteiger partial charge in [-0.2, -0.15) is 14.4 Å². The van der Waals surface area contributed by atoms with Crippen LogP contribution in [0, 0.1) is 0 Å². The molecule has 122 valence electrons. The summed E-state index contributed by atoms with van der Waals surface area (Å²) in [4.78, 5) is 16.5. The minimum Gasteiger partial charge on any atom is -0.294 e. The number of hydrogen-bond acceptors (Lipinski definition) is 5. The van der Waals surface area contributed by atoms with Crippen molar-refractivity contribution >= 4 is 21.9 Å². The second-order valence-electron chi connectivity index (χ2n) is 5.26. The average molecular weight is 335 g/mol. The van der Waals surface area contributed by atoms with Gasteiger partial charge >= 0.3 is 0 Å². The van der Waals surface area contributed by atoms with E-state index < -0.39 is 22.0 Å². The number of piperidine rings is 1. The van der Waals surface area contributed by atoms with E-state index in [1.54, 1.807) is 18.2 Å². The first kappa shape index (κ1) is 15.6. The summed E-state index contributed by atoms with van der Waals surface area (Å²) >= 11 is 0. The summed E-state index contributed by atoms with van der Waals surface area (Å²) in [7, 11) is -3.71. The number of nitrogens with one attached hydrogen (secondary N) is 2. The van der Waals surface area contributed by atoms with Crippen LogP contribution in [0.4, 0.5) is 5.95 Å². The summed E-state index contributed by atoms with van der Waals surface area (Å²) in [6, 6.07) is 7.41. The zero-order valence-electron chi connectivity index (χ0n) is 12.3. The normalized spacial score (nSPS) is 19.4. The number of benzene rings is 1. The second kappa shape index (κ2) is 6.47. The molecule has 8 nitrogen and oxygen atoms in total. The lowest BCUT2D eigenvalue weighted by molar-refractivity contribution is -0.120. The fraction of sp³-hybridized carbons (Fsp3) is 0.357. The highest BCUT2D eigenvalue weighted by molar-refractivity contribution is 7.89. The number of sulfonamides is 1. The summed E-state index contributed by atoms with van der Waals surface area (Å²) in [5.74, 6) is -0.196. The number of carbonyl (C=O) groups excluding carboxylic acids is 1. The van der Waals surface area contributed by atoms with E-state index in [2.05, 4.69) is 20.5 Å². The largest absolute Gasteiger partial charge is 0.294 e.